The topological polar surface area (TPSA) is 41.5 Å². The van der Waals surface area contributed by atoms with Crippen LogP contribution in [-0.4, -0.2) is 60.3 Å². The number of halogens is 1. The lowest BCUT2D eigenvalue weighted by molar-refractivity contribution is 0.0606. The maximum Gasteiger partial charge on any atom is 0.225 e. The van der Waals surface area contributed by atoms with Gasteiger partial charge in [0.05, 0.1) is 19.0 Å². The minimum absolute atomic E-state index is 0.291. The largest absolute Gasteiger partial charge is 0.383 e. The van der Waals surface area contributed by atoms with Gasteiger partial charge < -0.3 is 9.64 Å². The Labute approximate surface area is 125 Å². The van der Waals surface area contributed by atoms with E-state index in [0.717, 1.165) is 32.5 Å². The lowest BCUT2D eigenvalue weighted by Crippen LogP contribution is -2.53. The van der Waals surface area contributed by atoms with E-state index in [1.807, 2.05) is 0 Å². The number of piperidine rings is 1. The Kier molecular flexibility index (Phi) is 4.08. The van der Waals surface area contributed by atoms with Gasteiger partial charge in [-0.05, 0) is 32.7 Å². The van der Waals surface area contributed by atoms with Gasteiger partial charge in [0, 0.05) is 31.8 Å². The van der Waals surface area contributed by atoms with Gasteiger partial charge in [0.1, 0.15) is 0 Å². The van der Waals surface area contributed by atoms with Crippen molar-refractivity contribution in [2.45, 2.75) is 37.3 Å². The molecule has 1 spiro atoms. The monoisotopic (exact) mass is 294 g/mol. The zero-order valence-corrected chi connectivity index (χ0v) is 12.8. The van der Waals surface area contributed by atoms with Crippen molar-refractivity contribution in [3.63, 3.8) is 0 Å². The van der Waals surface area contributed by atoms with Crippen LogP contribution in [0.1, 0.15) is 25.7 Å². The highest BCUT2D eigenvalue weighted by molar-refractivity contribution is 5.30. The fourth-order valence-corrected chi connectivity index (χ4v) is 3.77. The molecular weight excluding hydrogens is 271 g/mol. The third kappa shape index (κ3) is 2.74. The van der Waals surface area contributed by atoms with Crippen LogP contribution in [0.2, 0.25) is 0 Å². The van der Waals surface area contributed by atoms with Crippen LogP contribution in [0, 0.1) is 5.82 Å². The second-order valence-electron chi connectivity index (χ2n) is 6.17. The molecule has 1 aromatic rings. The number of anilines is 1. The van der Waals surface area contributed by atoms with Crippen LogP contribution in [0.5, 0.6) is 0 Å². The Morgan fingerprint density at radius 3 is 2.57 bits per heavy atom. The van der Waals surface area contributed by atoms with Crippen LogP contribution >= 0.6 is 0 Å². The Hall–Kier alpha value is -1.27. The van der Waals surface area contributed by atoms with Gasteiger partial charge in [-0.1, -0.05) is 0 Å². The van der Waals surface area contributed by atoms with E-state index in [2.05, 4.69) is 26.8 Å². The highest BCUT2D eigenvalue weighted by Gasteiger charge is 2.45. The fraction of sp³-hybridized carbons (Fsp3) is 0.733. The van der Waals surface area contributed by atoms with E-state index in [9.17, 15) is 4.39 Å². The summed E-state index contributed by atoms with van der Waals surface area (Å²) in [6.45, 7) is 2.66. The van der Waals surface area contributed by atoms with Crippen LogP contribution in [0.3, 0.4) is 0 Å². The van der Waals surface area contributed by atoms with E-state index in [1.54, 1.807) is 7.11 Å². The number of likely N-dealkylation sites (tertiary alicyclic amines) is 1. The number of nitrogens with zero attached hydrogens (tertiary/aromatic N) is 4. The predicted molar refractivity (Wildman–Crippen MR) is 78.8 cm³/mol. The molecule has 0 unspecified atom stereocenters. The fourth-order valence-electron chi connectivity index (χ4n) is 3.77. The van der Waals surface area contributed by atoms with Gasteiger partial charge in [0.2, 0.25) is 5.95 Å². The lowest BCUT2D eigenvalue weighted by Gasteiger charge is -2.45. The molecule has 0 amide bonds. The standard InChI is InChI=1S/C15H23FN4O/c1-19-13(11-21-2)3-4-15(19)5-7-20(8-6-15)14-17-9-12(16)10-18-14/h9-10,13H,3-8,11H2,1-2H3/t13-/m0/s1. The molecule has 2 aliphatic rings. The maximum atomic E-state index is 12.9. The Bertz CT molecular complexity index is 473. The molecule has 0 aromatic carbocycles. The van der Waals surface area contributed by atoms with E-state index in [4.69, 9.17) is 4.74 Å². The van der Waals surface area contributed by atoms with E-state index in [1.165, 1.54) is 25.2 Å². The van der Waals surface area contributed by atoms with Crippen LogP contribution in [-0.2, 0) is 4.74 Å². The highest BCUT2D eigenvalue weighted by Crippen LogP contribution is 2.40. The molecule has 116 valence electrons. The molecule has 1 atom stereocenters. The summed E-state index contributed by atoms with van der Waals surface area (Å²) in [5.41, 5.74) is 0.291. The van der Waals surface area contributed by atoms with Crippen LogP contribution in [0.15, 0.2) is 12.4 Å². The molecule has 1 aromatic heterocycles. The van der Waals surface area contributed by atoms with E-state index >= 15 is 0 Å². The number of likely N-dealkylation sites (N-methyl/N-ethyl adjacent to an activating group) is 1. The minimum Gasteiger partial charge on any atom is -0.383 e. The van der Waals surface area contributed by atoms with Crippen LogP contribution in [0.25, 0.3) is 0 Å². The van der Waals surface area contributed by atoms with Gasteiger partial charge in [-0.25, -0.2) is 14.4 Å². The summed E-state index contributed by atoms with van der Waals surface area (Å²) in [6.07, 6.45) is 7.12. The summed E-state index contributed by atoms with van der Waals surface area (Å²) in [6, 6.07) is 0.531. The molecule has 0 saturated carbocycles. The number of aromatic nitrogens is 2. The van der Waals surface area contributed by atoms with Crippen molar-refractivity contribution in [2.75, 3.05) is 38.8 Å². The van der Waals surface area contributed by atoms with E-state index in [-0.39, 0.29) is 5.82 Å². The Morgan fingerprint density at radius 1 is 1.29 bits per heavy atom. The second-order valence-corrected chi connectivity index (χ2v) is 6.17. The molecule has 0 N–H and O–H groups in total. The molecule has 3 heterocycles. The van der Waals surface area contributed by atoms with Gasteiger partial charge in [-0.15, -0.1) is 0 Å². The zero-order chi connectivity index (χ0) is 14.9. The smallest absolute Gasteiger partial charge is 0.225 e. The normalized spacial score (nSPS) is 25.7. The van der Waals surface area contributed by atoms with Crippen molar-refractivity contribution >= 4 is 5.95 Å². The van der Waals surface area contributed by atoms with Gasteiger partial charge in [0.25, 0.3) is 0 Å². The Balaban J connectivity index is 1.64. The average Bonchev–Trinajstić information content (AvgIpc) is 2.79. The number of ether oxygens (including phenoxy) is 1. The van der Waals surface area contributed by atoms with Gasteiger partial charge in [-0.3, -0.25) is 4.90 Å². The van der Waals surface area contributed by atoms with Crippen molar-refractivity contribution < 1.29 is 9.13 Å². The van der Waals surface area contributed by atoms with Gasteiger partial charge in [0.15, 0.2) is 5.82 Å². The van der Waals surface area contributed by atoms with E-state index < -0.39 is 0 Å². The molecule has 5 nitrogen and oxygen atoms in total. The quantitative estimate of drug-likeness (QED) is 0.848. The molecule has 2 saturated heterocycles. The lowest BCUT2D eigenvalue weighted by atomic mass is 9.85. The van der Waals surface area contributed by atoms with E-state index in [0.29, 0.717) is 17.5 Å². The number of methoxy groups -OCH3 is 1. The predicted octanol–water partition coefficient (Wildman–Crippen LogP) is 1.70. The van der Waals surface area contributed by atoms with Gasteiger partial charge >= 0.3 is 0 Å². The third-order valence-electron chi connectivity index (χ3n) is 5.18. The second kappa shape index (κ2) is 5.85. The number of rotatable bonds is 3. The maximum absolute atomic E-state index is 12.9. The molecule has 0 radical (unpaired) electrons. The molecule has 3 rings (SSSR count). The first-order valence-electron chi connectivity index (χ1n) is 7.59. The molecule has 2 aliphatic heterocycles. The Morgan fingerprint density at radius 2 is 1.95 bits per heavy atom. The summed E-state index contributed by atoms with van der Waals surface area (Å²) in [5, 5.41) is 0. The van der Waals surface area contributed by atoms with Crippen molar-refractivity contribution in [2.24, 2.45) is 0 Å². The van der Waals surface area contributed by atoms with Gasteiger partial charge in [-0.2, -0.15) is 0 Å². The number of hydrogen-bond acceptors (Lipinski definition) is 5. The molecule has 0 aliphatic carbocycles. The first kappa shape index (κ1) is 14.7. The van der Waals surface area contributed by atoms with Crippen molar-refractivity contribution in [1.82, 2.24) is 14.9 Å². The molecule has 6 heteroatoms. The van der Waals surface area contributed by atoms with Crippen LogP contribution < -0.4 is 4.90 Å². The minimum atomic E-state index is -0.384. The summed E-state index contributed by atoms with van der Waals surface area (Å²) in [4.78, 5) is 12.8. The average molecular weight is 294 g/mol. The summed E-state index contributed by atoms with van der Waals surface area (Å²) in [5.74, 6) is 0.255. The van der Waals surface area contributed by atoms with Crippen molar-refractivity contribution in [1.29, 1.82) is 0 Å². The van der Waals surface area contributed by atoms with Crippen molar-refractivity contribution in [3.8, 4) is 0 Å². The SMILES string of the molecule is COC[C@@H]1CCC2(CCN(c3ncc(F)cn3)CC2)N1C. The summed E-state index contributed by atoms with van der Waals surface area (Å²) in [7, 11) is 3.99. The zero-order valence-electron chi connectivity index (χ0n) is 12.8. The van der Waals surface area contributed by atoms with Crippen LogP contribution in [0.4, 0.5) is 10.3 Å². The van der Waals surface area contributed by atoms with Crippen molar-refractivity contribution in [3.05, 3.63) is 18.2 Å². The summed E-state index contributed by atoms with van der Waals surface area (Å²) >= 11 is 0. The molecule has 2 fully saturated rings. The highest BCUT2D eigenvalue weighted by atomic mass is 19.1. The first-order valence-corrected chi connectivity index (χ1v) is 7.59. The molecule has 0 bridgehead atoms. The molecule has 21 heavy (non-hydrogen) atoms. The number of hydrogen-bond donors (Lipinski definition) is 0. The molecular formula is C15H23FN4O. The first-order chi connectivity index (χ1) is 10.1. The third-order valence-corrected chi connectivity index (χ3v) is 5.18. The summed E-state index contributed by atoms with van der Waals surface area (Å²) < 4.78 is 18.2.